The first-order valence-electron chi connectivity index (χ1n) is 8.70. The van der Waals surface area contributed by atoms with Gasteiger partial charge in [0, 0.05) is 11.0 Å². The predicted molar refractivity (Wildman–Crippen MR) is 109 cm³/mol. The zero-order valence-corrected chi connectivity index (χ0v) is 17.2. The number of esters is 1. The van der Waals surface area contributed by atoms with Crippen LogP contribution >= 0.6 is 15.9 Å². The molecule has 0 aliphatic carbocycles. The van der Waals surface area contributed by atoms with Gasteiger partial charge in [-0.1, -0.05) is 46.3 Å². The summed E-state index contributed by atoms with van der Waals surface area (Å²) in [5.74, 6) is -0.739. The number of rotatable bonds is 6. The van der Waals surface area contributed by atoms with E-state index in [1.54, 1.807) is 4.68 Å². The number of carbonyl (C=O) groups is 2. The number of methoxy groups -OCH3 is 1. The molecule has 7 heteroatoms. The summed E-state index contributed by atoms with van der Waals surface area (Å²) in [6.45, 7) is 2.01. The molecule has 0 fully saturated rings. The van der Waals surface area contributed by atoms with E-state index >= 15 is 0 Å². The van der Waals surface area contributed by atoms with Gasteiger partial charge in [0.15, 0.2) is 0 Å². The van der Waals surface area contributed by atoms with Crippen molar-refractivity contribution in [1.82, 2.24) is 14.7 Å². The summed E-state index contributed by atoms with van der Waals surface area (Å²) in [5, 5.41) is 4.36. The van der Waals surface area contributed by atoms with E-state index in [1.807, 2.05) is 61.5 Å². The van der Waals surface area contributed by atoms with Gasteiger partial charge < -0.3 is 9.64 Å². The van der Waals surface area contributed by atoms with Gasteiger partial charge in [-0.2, -0.15) is 5.10 Å². The van der Waals surface area contributed by atoms with Crippen LogP contribution in [0.2, 0.25) is 0 Å². The van der Waals surface area contributed by atoms with Gasteiger partial charge in [-0.05, 0) is 36.8 Å². The SMILES string of the molecule is COC(=O)CN(Cc1ccccc1)C(=O)c1cnn(-c2ccc(Br)cc2)c1C. The van der Waals surface area contributed by atoms with Crippen LogP contribution in [0.3, 0.4) is 0 Å². The molecule has 0 atom stereocenters. The summed E-state index contributed by atoms with van der Waals surface area (Å²) in [6, 6.07) is 17.2. The van der Waals surface area contributed by atoms with Crippen molar-refractivity contribution in [1.29, 1.82) is 0 Å². The lowest BCUT2D eigenvalue weighted by Gasteiger charge is -2.21. The van der Waals surface area contributed by atoms with E-state index in [4.69, 9.17) is 4.74 Å². The molecule has 28 heavy (non-hydrogen) atoms. The predicted octanol–water partition coefficient (Wildman–Crippen LogP) is 3.76. The summed E-state index contributed by atoms with van der Waals surface area (Å²) in [5.41, 5.74) is 2.93. The van der Waals surface area contributed by atoms with Crippen LogP contribution in [0.1, 0.15) is 21.6 Å². The number of halogens is 1. The van der Waals surface area contributed by atoms with Gasteiger partial charge in [0.1, 0.15) is 6.54 Å². The summed E-state index contributed by atoms with van der Waals surface area (Å²) >= 11 is 3.41. The highest BCUT2D eigenvalue weighted by Crippen LogP contribution is 2.19. The molecule has 0 radical (unpaired) electrons. The molecular weight excluding hydrogens is 422 g/mol. The molecule has 0 N–H and O–H groups in total. The number of hydrogen-bond donors (Lipinski definition) is 0. The van der Waals surface area contributed by atoms with E-state index in [0.717, 1.165) is 15.7 Å². The van der Waals surface area contributed by atoms with Crippen LogP contribution in [0, 0.1) is 6.92 Å². The Morgan fingerprint density at radius 1 is 1.11 bits per heavy atom. The van der Waals surface area contributed by atoms with Gasteiger partial charge in [-0.15, -0.1) is 0 Å². The number of aromatic nitrogens is 2. The second kappa shape index (κ2) is 8.84. The Kier molecular flexibility index (Phi) is 6.26. The number of nitrogens with zero attached hydrogens (tertiary/aromatic N) is 3. The summed E-state index contributed by atoms with van der Waals surface area (Å²) in [6.07, 6.45) is 1.54. The minimum Gasteiger partial charge on any atom is -0.468 e. The van der Waals surface area contributed by atoms with Crippen molar-refractivity contribution >= 4 is 27.8 Å². The van der Waals surface area contributed by atoms with E-state index in [2.05, 4.69) is 21.0 Å². The Morgan fingerprint density at radius 3 is 2.43 bits per heavy atom. The molecule has 3 aromatic rings. The molecule has 0 bridgehead atoms. The second-order valence-corrected chi connectivity index (χ2v) is 7.17. The third kappa shape index (κ3) is 4.48. The lowest BCUT2D eigenvalue weighted by Crippen LogP contribution is -2.36. The first-order chi connectivity index (χ1) is 13.5. The maximum absolute atomic E-state index is 13.2. The van der Waals surface area contributed by atoms with Crippen molar-refractivity contribution in [3.63, 3.8) is 0 Å². The number of amides is 1. The average Bonchev–Trinajstić information content (AvgIpc) is 3.09. The normalized spacial score (nSPS) is 10.5. The molecular formula is C21H20BrN3O3. The highest BCUT2D eigenvalue weighted by Gasteiger charge is 2.23. The smallest absolute Gasteiger partial charge is 0.325 e. The topological polar surface area (TPSA) is 64.4 Å². The second-order valence-electron chi connectivity index (χ2n) is 6.25. The summed E-state index contributed by atoms with van der Waals surface area (Å²) < 4.78 is 7.43. The van der Waals surface area contributed by atoms with Crippen LogP contribution in [0.4, 0.5) is 0 Å². The molecule has 1 aromatic heterocycles. The van der Waals surface area contributed by atoms with Crippen LogP contribution < -0.4 is 0 Å². The third-order valence-electron chi connectivity index (χ3n) is 4.36. The Hall–Kier alpha value is -2.93. The fourth-order valence-corrected chi connectivity index (χ4v) is 3.12. The molecule has 2 aromatic carbocycles. The number of ether oxygens (including phenoxy) is 1. The number of carbonyl (C=O) groups excluding carboxylic acids is 2. The zero-order chi connectivity index (χ0) is 20.1. The quantitative estimate of drug-likeness (QED) is 0.546. The maximum Gasteiger partial charge on any atom is 0.325 e. The molecule has 0 saturated heterocycles. The lowest BCUT2D eigenvalue weighted by molar-refractivity contribution is -0.141. The standard InChI is InChI=1S/C21H20BrN3O3/c1-15-19(12-23-25(15)18-10-8-17(22)9-11-18)21(27)24(14-20(26)28-2)13-16-6-4-3-5-7-16/h3-12H,13-14H2,1-2H3. The van der Waals surface area contributed by atoms with Crippen molar-refractivity contribution in [3.05, 3.63) is 82.1 Å². The molecule has 0 spiro atoms. The monoisotopic (exact) mass is 441 g/mol. The van der Waals surface area contributed by atoms with E-state index in [1.165, 1.54) is 18.2 Å². The van der Waals surface area contributed by atoms with Crippen LogP contribution in [-0.2, 0) is 16.1 Å². The van der Waals surface area contributed by atoms with E-state index in [-0.39, 0.29) is 12.5 Å². The summed E-state index contributed by atoms with van der Waals surface area (Å²) in [4.78, 5) is 26.5. The van der Waals surface area contributed by atoms with Crippen LogP contribution in [0.5, 0.6) is 0 Å². The lowest BCUT2D eigenvalue weighted by atomic mass is 10.1. The van der Waals surface area contributed by atoms with Gasteiger partial charge in [0.05, 0.1) is 30.3 Å². The molecule has 3 rings (SSSR count). The van der Waals surface area contributed by atoms with Gasteiger partial charge >= 0.3 is 5.97 Å². The van der Waals surface area contributed by atoms with Crippen molar-refractivity contribution in [2.24, 2.45) is 0 Å². The maximum atomic E-state index is 13.2. The van der Waals surface area contributed by atoms with Crippen LogP contribution in [0.15, 0.2) is 65.3 Å². The van der Waals surface area contributed by atoms with Gasteiger partial charge in [0.2, 0.25) is 0 Å². The van der Waals surface area contributed by atoms with E-state index < -0.39 is 5.97 Å². The Morgan fingerprint density at radius 2 is 1.79 bits per heavy atom. The average molecular weight is 442 g/mol. The molecule has 0 saturated carbocycles. The summed E-state index contributed by atoms with van der Waals surface area (Å²) in [7, 11) is 1.31. The first-order valence-corrected chi connectivity index (χ1v) is 9.49. The first kappa shape index (κ1) is 19.8. The fourth-order valence-electron chi connectivity index (χ4n) is 2.86. The highest BCUT2D eigenvalue weighted by atomic mass is 79.9. The van der Waals surface area contributed by atoms with Crippen molar-refractivity contribution in [2.45, 2.75) is 13.5 Å². The van der Waals surface area contributed by atoms with Crippen molar-refractivity contribution in [2.75, 3.05) is 13.7 Å². The highest BCUT2D eigenvalue weighted by molar-refractivity contribution is 9.10. The Balaban J connectivity index is 1.89. The number of benzene rings is 2. The third-order valence-corrected chi connectivity index (χ3v) is 4.89. The van der Waals surface area contributed by atoms with E-state index in [9.17, 15) is 9.59 Å². The molecule has 0 unspecified atom stereocenters. The molecule has 1 amide bonds. The molecule has 1 heterocycles. The Labute approximate surface area is 171 Å². The Bertz CT molecular complexity index is 968. The van der Waals surface area contributed by atoms with Crippen molar-refractivity contribution in [3.8, 4) is 5.69 Å². The van der Waals surface area contributed by atoms with Gasteiger partial charge in [-0.25, -0.2) is 4.68 Å². The van der Waals surface area contributed by atoms with Gasteiger partial charge in [-0.3, -0.25) is 9.59 Å². The minimum atomic E-state index is -0.470. The minimum absolute atomic E-state index is 0.132. The molecule has 0 aliphatic rings. The van der Waals surface area contributed by atoms with Crippen LogP contribution in [0.25, 0.3) is 5.69 Å². The zero-order valence-electron chi connectivity index (χ0n) is 15.6. The fraction of sp³-hybridized carbons (Fsp3) is 0.190. The largest absolute Gasteiger partial charge is 0.468 e. The molecule has 0 aliphatic heterocycles. The van der Waals surface area contributed by atoms with Crippen molar-refractivity contribution < 1.29 is 14.3 Å². The van der Waals surface area contributed by atoms with Gasteiger partial charge in [0.25, 0.3) is 5.91 Å². The molecule has 6 nitrogen and oxygen atoms in total. The molecule has 144 valence electrons. The van der Waals surface area contributed by atoms with Crippen LogP contribution in [-0.4, -0.2) is 40.2 Å². The van der Waals surface area contributed by atoms with E-state index in [0.29, 0.717) is 17.8 Å². The number of hydrogen-bond acceptors (Lipinski definition) is 4.